The molecule has 0 atom stereocenters. The van der Waals surface area contributed by atoms with Crippen molar-refractivity contribution in [3.63, 3.8) is 0 Å². The number of benzene rings is 2. The van der Waals surface area contributed by atoms with Crippen molar-refractivity contribution in [3.05, 3.63) is 57.7 Å². The quantitative estimate of drug-likeness (QED) is 0.639. The van der Waals surface area contributed by atoms with Crippen molar-refractivity contribution in [1.82, 2.24) is 9.88 Å². The third kappa shape index (κ3) is 3.29. The van der Waals surface area contributed by atoms with Crippen LogP contribution in [0.2, 0.25) is 0 Å². The SMILES string of the molecule is CCNC(=O)c1ccc2c(N=O)c(O)n(Cc3cc(F)cc4c3OCOC4)c2c1. The maximum Gasteiger partial charge on any atom is 0.251 e. The summed E-state index contributed by atoms with van der Waals surface area (Å²) in [6, 6.07) is 7.30. The Morgan fingerprint density at radius 2 is 2.17 bits per heavy atom. The van der Waals surface area contributed by atoms with E-state index in [2.05, 4.69) is 10.5 Å². The summed E-state index contributed by atoms with van der Waals surface area (Å²) in [6.07, 6.45) is 0. The molecule has 0 spiro atoms. The van der Waals surface area contributed by atoms with Gasteiger partial charge in [-0.25, -0.2) is 4.39 Å². The topological polar surface area (TPSA) is 102 Å². The van der Waals surface area contributed by atoms with Crippen LogP contribution in [0.1, 0.15) is 28.4 Å². The summed E-state index contributed by atoms with van der Waals surface area (Å²) in [7, 11) is 0. The molecule has 0 bridgehead atoms. The average molecular weight is 399 g/mol. The summed E-state index contributed by atoms with van der Waals surface area (Å²) in [5.41, 5.74) is 1.67. The van der Waals surface area contributed by atoms with Crippen molar-refractivity contribution >= 4 is 22.5 Å². The molecule has 3 aromatic rings. The largest absolute Gasteiger partial charge is 0.493 e. The minimum atomic E-state index is -0.472. The van der Waals surface area contributed by atoms with E-state index in [-0.39, 0.29) is 37.4 Å². The van der Waals surface area contributed by atoms with E-state index < -0.39 is 5.82 Å². The first kappa shape index (κ1) is 18.9. The van der Waals surface area contributed by atoms with Crippen LogP contribution in [-0.2, 0) is 17.9 Å². The Hall–Kier alpha value is -3.46. The van der Waals surface area contributed by atoms with Crippen molar-refractivity contribution in [1.29, 1.82) is 0 Å². The van der Waals surface area contributed by atoms with Gasteiger partial charge in [0.2, 0.25) is 5.88 Å². The van der Waals surface area contributed by atoms with Gasteiger partial charge in [0, 0.05) is 28.6 Å². The highest BCUT2D eigenvalue weighted by molar-refractivity contribution is 6.02. The lowest BCUT2D eigenvalue weighted by molar-refractivity contribution is -0.0173. The molecule has 2 N–H and O–H groups in total. The van der Waals surface area contributed by atoms with Crippen molar-refractivity contribution < 1.29 is 23.8 Å². The lowest BCUT2D eigenvalue weighted by atomic mass is 10.1. The highest BCUT2D eigenvalue weighted by Crippen LogP contribution is 2.40. The number of amides is 1. The highest BCUT2D eigenvalue weighted by atomic mass is 19.1. The summed E-state index contributed by atoms with van der Waals surface area (Å²) in [4.78, 5) is 23.5. The number of rotatable bonds is 5. The van der Waals surface area contributed by atoms with E-state index in [0.717, 1.165) is 0 Å². The Morgan fingerprint density at radius 1 is 1.34 bits per heavy atom. The van der Waals surface area contributed by atoms with E-state index in [1.807, 2.05) is 0 Å². The number of aromatic hydroxyl groups is 1. The Labute approximate surface area is 164 Å². The number of halogens is 1. The lowest BCUT2D eigenvalue weighted by Crippen LogP contribution is -2.22. The van der Waals surface area contributed by atoms with Crippen LogP contribution in [0.15, 0.2) is 35.5 Å². The first-order valence-electron chi connectivity index (χ1n) is 9.02. The van der Waals surface area contributed by atoms with Crippen LogP contribution < -0.4 is 10.1 Å². The predicted molar refractivity (Wildman–Crippen MR) is 103 cm³/mol. The Morgan fingerprint density at radius 3 is 2.93 bits per heavy atom. The van der Waals surface area contributed by atoms with Gasteiger partial charge in [-0.15, -0.1) is 4.91 Å². The molecule has 150 valence electrons. The average Bonchev–Trinajstić information content (AvgIpc) is 2.98. The fraction of sp³-hybridized carbons (Fsp3) is 0.250. The van der Waals surface area contributed by atoms with Gasteiger partial charge in [0.15, 0.2) is 12.5 Å². The molecular formula is C20H18FN3O5. The lowest BCUT2D eigenvalue weighted by Gasteiger charge is -2.21. The molecule has 2 aromatic carbocycles. The van der Waals surface area contributed by atoms with Gasteiger partial charge in [0.05, 0.1) is 18.7 Å². The van der Waals surface area contributed by atoms with E-state index >= 15 is 0 Å². The number of nitrogens with zero attached hydrogens (tertiary/aromatic N) is 2. The van der Waals surface area contributed by atoms with Crippen molar-refractivity contribution in [2.75, 3.05) is 13.3 Å². The molecule has 1 aromatic heterocycles. The number of fused-ring (bicyclic) bond motifs is 2. The molecule has 4 rings (SSSR count). The molecule has 2 heterocycles. The first-order valence-corrected chi connectivity index (χ1v) is 9.02. The molecule has 1 aliphatic heterocycles. The fourth-order valence-corrected chi connectivity index (χ4v) is 3.52. The van der Waals surface area contributed by atoms with Gasteiger partial charge >= 0.3 is 0 Å². The molecular weight excluding hydrogens is 381 g/mol. The van der Waals surface area contributed by atoms with Gasteiger partial charge in [-0.3, -0.25) is 4.79 Å². The van der Waals surface area contributed by atoms with Gasteiger partial charge in [-0.2, -0.15) is 0 Å². The smallest absolute Gasteiger partial charge is 0.251 e. The number of hydrogen-bond donors (Lipinski definition) is 2. The standard InChI is InChI=1S/C20H18FN3O5/c1-2-22-19(25)11-3-4-15-16(7-11)24(20(26)17(15)23-27)8-12-5-14(21)6-13-9-28-10-29-18(12)13/h3-7,26H,2,8-10H2,1H3,(H,22,25). The molecule has 0 radical (unpaired) electrons. The number of ether oxygens (including phenoxy) is 2. The van der Waals surface area contributed by atoms with E-state index in [1.165, 1.54) is 16.7 Å². The molecule has 1 aliphatic rings. The summed E-state index contributed by atoms with van der Waals surface area (Å²) in [5, 5.41) is 16.6. The molecule has 8 nitrogen and oxygen atoms in total. The van der Waals surface area contributed by atoms with Crippen molar-refractivity contribution in [2.24, 2.45) is 5.18 Å². The third-order valence-electron chi connectivity index (χ3n) is 4.78. The molecule has 0 aliphatic carbocycles. The van der Waals surface area contributed by atoms with Crippen LogP contribution in [0.4, 0.5) is 10.1 Å². The zero-order chi connectivity index (χ0) is 20.5. The van der Waals surface area contributed by atoms with E-state index in [9.17, 15) is 19.2 Å². The summed E-state index contributed by atoms with van der Waals surface area (Å²) in [6.45, 7) is 2.51. The van der Waals surface area contributed by atoms with Crippen LogP contribution in [0.5, 0.6) is 11.6 Å². The van der Waals surface area contributed by atoms with Gasteiger partial charge < -0.3 is 24.5 Å². The second-order valence-corrected chi connectivity index (χ2v) is 6.60. The number of hydrogen-bond acceptors (Lipinski definition) is 6. The monoisotopic (exact) mass is 399 g/mol. The zero-order valence-electron chi connectivity index (χ0n) is 15.6. The highest BCUT2D eigenvalue weighted by Gasteiger charge is 2.23. The number of carbonyl (C=O) groups is 1. The summed E-state index contributed by atoms with van der Waals surface area (Å²) >= 11 is 0. The van der Waals surface area contributed by atoms with Crippen LogP contribution in [0, 0.1) is 10.7 Å². The van der Waals surface area contributed by atoms with Crippen molar-refractivity contribution in [3.8, 4) is 11.6 Å². The molecule has 0 fully saturated rings. The minimum Gasteiger partial charge on any atom is -0.493 e. The Kier molecular flexibility index (Phi) is 4.89. The Bertz CT molecular complexity index is 1130. The summed E-state index contributed by atoms with van der Waals surface area (Å²) < 4.78 is 26.2. The maximum atomic E-state index is 14.1. The van der Waals surface area contributed by atoms with E-state index in [0.29, 0.717) is 39.9 Å². The van der Waals surface area contributed by atoms with Gasteiger partial charge in [0.25, 0.3) is 5.91 Å². The second kappa shape index (κ2) is 7.51. The molecule has 0 saturated heterocycles. The van der Waals surface area contributed by atoms with Crippen LogP contribution >= 0.6 is 0 Å². The fourth-order valence-electron chi connectivity index (χ4n) is 3.52. The van der Waals surface area contributed by atoms with Gasteiger partial charge in [-0.05, 0) is 42.4 Å². The second-order valence-electron chi connectivity index (χ2n) is 6.60. The maximum absolute atomic E-state index is 14.1. The Balaban J connectivity index is 1.86. The summed E-state index contributed by atoms with van der Waals surface area (Å²) in [5.74, 6) is -0.654. The van der Waals surface area contributed by atoms with Crippen molar-refractivity contribution in [2.45, 2.75) is 20.1 Å². The van der Waals surface area contributed by atoms with Gasteiger partial charge in [-0.1, -0.05) is 0 Å². The number of nitroso groups, excluding NO2 is 1. The van der Waals surface area contributed by atoms with Crippen LogP contribution in [-0.4, -0.2) is 28.9 Å². The molecule has 0 saturated carbocycles. The number of aromatic nitrogens is 1. The predicted octanol–water partition coefficient (Wildman–Crippen LogP) is 3.55. The number of carbonyl (C=O) groups excluding carboxylic acids is 1. The third-order valence-corrected chi connectivity index (χ3v) is 4.78. The van der Waals surface area contributed by atoms with Crippen LogP contribution in [0.25, 0.3) is 10.9 Å². The molecule has 1 amide bonds. The van der Waals surface area contributed by atoms with Gasteiger partial charge in [0.1, 0.15) is 11.6 Å². The molecule has 0 unspecified atom stereocenters. The minimum absolute atomic E-state index is 0.0107. The first-order chi connectivity index (χ1) is 14.0. The zero-order valence-corrected chi connectivity index (χ0v) is 15.6. The van der Waals surface area contributed by atoms with E-state index in [1.54, 1.807) is 25.1 Å². The van der Waals surface area contributed by atoms with E-state index in [4.69, 9.17) is 9.47 Å². The number of nitrogens with one attached hydrogen (secondary N) is 1. The normalized spacial score (nSPS) is 13.0. The molecule has 29 heavy (non-hydrogen) atoms. The molecule has 9 heteroatoms. The van der Waals surface area contributed by atoms with Crippen LogP contribution in [0.3, 0.4) is 0 Å².